The molecule has 0 heterocycles. The molecule has 0 fully saturated rings. The van der Waals surface area contributed by atoms with E-state index in [2.05, 4.69) is 11.2 Å². The van der Waals surface area contributed by atoms with Crippen LogP contribution in [0.25, 0.3) is 0 Å². The molecule has 1 unspecified atom stereocenters. The minimum absolute atomic E-state index is 0.108. The molecule has 1 N–H and O–H groups in total. The minimum atomic E-state index is -0.260. The van der Waals surface area contributed by atoms with Gasteiger partial charge >= 0.3 is 0 Å². The van der Waals surface area contributed by atoms with Crippen LogP contribution in [0.15, 0.2) is 5.16 Å². The Labute approximate surface area is 73.7 Å². The predicted molar refractivity (Wildman–Crippen MR) is 48.1 cm³/mol. The van der Waals surface area contributed by atoms with Crippen LogP contribution in [0.3, 0.4) is 0 Å². The monoisotopic (exact) mass is 168 g/mol. The van der Waals surface area contributed by atoms with Gasteiger partial charge in [-0.15, -0.1) is 5.16 Å². The summed E-state index contributed by atoms with van der Waals surface area (Å²) in [6.07, 6.45) is 3.13. The number of rotatable bonds is 4. The molecule has 3 nitrogen and oxygen atoms in total. The van der Waals surface area contributed by atoms with Crippen molar-refractivity contribution >= 4 is 6.21 Å². The standard InChI is InChI=1S/C9H16N2O/c1-4-9(5-2,7-11-12)8(3)6-10/h7-8,12H,4-5H2,1-3H3. The molecule has 68 valence electrons. The lowest BCUT2D eigenvalue weighted by Gasteiger charge is -2.28. The summed E-state index contributed by atoms with van der Waals surface area (Å²) in [7, 11) is 0. The van der Waals surface area contributed by atoms with Crippen molar-refractivity contribution in [2.75, 3.05) is 0 Å². The summed E-state index contributed by atoms with van der Waals surface area (Å²) in [6.45, 7) is 5.85. The quantitative estimate of drug-likeness (QED) is 0.398. The normalized spacial score (nSPS) is 14.5. The number of hydrogen-bond acceptors (Lipinski definition) is 3. The van der Waals surface area contributed by atoms with E-state index in [0.29, 0.717) is 0 Å². The second-order valence-corrected chi connectivity index (χ2v) is 3.04. The molecule has 0 aromatic rings. The molecular formula is C9H16N2O. The van der Waals surface area contributed by atoms with Crippen LogP contribution in [0.1, 0.15) is 33.6 Å². The third-order valence-electron chi connectivity index (χ3n) is 2.69. The van der Waals surface area contributed by atoms with Gasteiger partial charge in [-0.3, -0.25) is 0 Å². The van der Waals surface area contributed by atoms with E-state index in [1.165, 1.54) is 6.21 Å². The summed E-state index contributed by atoms with van der Waals surface area (Å²) in [5.74, 6) is -0.108. The summed E-state index contributed by atoms with van der Waals surface area (Å²) in [4.78, 5) is 0. The van der Waals surface area contributed by atoms with E-state index in [1.807, 2.05) is 20.8 Å². The maximum atomic E-state index is 8.77. The smallest absolute Gasteiger partial charge is 0.0662 e. The van der Waals surface area contributed by atoms with Gasteiger partial charge < -0.3 is 5.21 Å². The molecule has 12 heavy (non-hydrogen) atoms. The first-order valence-corrected chi connectivity index (χ1v) is 4.25. The maximum absolute atomic E-state index is 8.77. The Balaban J connectivity index is 4.71. The SMILES string of the molecule is CCC(C=NO)(CC)C(C)C#N. The van der Waals surface area contributed by atoms with Gasteiger partial charge in [0.05, 0.1) is 18.2 Å². The summed E-state index contributed by atoms with van der Waals surface area (Å²) in [5, 5.41) is 20.3. The summed E-state index contributed by atoms with van der Waals surface area (Å²) in [6, 6.07) is 2.19. The second kappa shape index (κ2) is 4.76. The van der Waals surface area contributed by atoms with Crippen LogP contribution in [0, 0.1) is 22.7 Å². The minimum Gasteiger partial charge on any atom is -0.411 e. The zero-order valence-electron chi connectivity index (χ0n) is 7.91. The van der Waals surface area contributed by atoms with Crippen molar-refractivity contribution in [1.82, 2.24) is 0 Å². The van der Waals surface area contributed by atoms with Gasteiger partial charge in [-0.2, -0.15) is 5.26 Å². The van der Waals surface area contributed by atoms with Crippen LogP contribution in [0.4, 0.5) is 0 Å². The molecular weight excluding hydrogens is 152 g/mol. The summed E-state index contributed by atoms with van der Waals surface area (Å²) in [5.41, 5.74) is -0.260. The molecule has 0 amide bonds. The highest BCUT2D eigenvalue weighted by atomic mass is 16.4. The van der Waals surface area contributed by atoms with Gasteiger partial charge in [-0.25, -0.2) is 0 Å². The van der Waals surface area contributed by atoms with E-state index in [0.717, 1.165) is 12.8 Å². The Morgan fingerprint density at radius 2 is 2.08 bits per heavy atom. The molecule has 0 aliphatic rings. The first kappa shape index (κ1) is 11.0. The van der Waals surface area contributed by atoms with E-state index in [-0.39, 0.29) is 11.3 Å². The average Bonchev–Trinajstić information content (AvgIpc) is 2.13. The molecule has 3 heteroatoms. The van der Waals surface area contributed by atoms with E-state index >= 15 is 0 Å². The fraction of sp³-hybridized carbons (Fsp3) is 0.778. The third kappa shape index (κ3) is 1.97. The van der Waals surface area contributed by atoms with Crippen LogP contribution >= 0.6 is 0 Å². The van der Waals surface area contributed by atoms with Gasteiger partial charge in [0.1, 0.15) is 0 Å². The summed E-state index contributed by atoms with van der Waals surface area (Å²) < 4.78 is 0. The number of oxime groups is 1. The van der Waals surface area contributed by atoms with Crippen molar-refractivity contribution in [1.29, 1.82) is 5.26 Å². The lowest BCUT2D eigenvalue weighted by molar-refractivity contribution is 0.279. The molecule has 1 atom stereocenters. The van der Waals surface area contributed by atoms with Gasteiger partial charge in [0, 0.05) is 5.41 Å². The average molecular weight is 168 g/mol. The molecule has 0 spiro atoms. The number of hydrogen-bond donors (Lipinski definition) is 1. The molecule has 0 aromatic carbocycles. The first-order chi connectivity index (χ1) is 5.66. The van der Waals surface area contributed by atoms with Crippen molar-refractivity contribution in [3.8, 4) is 6.07 Å². The number of nitriles is 1. The second-order valence-electron chi connectivity index (χ2n) is 3.04. The highest BCUT2D eigenvalue weighted by Gasteiger charge is 2.31. The van der Waals surface area contributed by atoms with Crippen molar-refractivity contribution in [2.24, 2.45) is 16.5 Å². The molecule has 0 bridgehead atoms. The number of nitrogens with zero attached hydrogens (tertiary/aromatic N) is 2. The zero-order chi connectivity index (χ0) is 9.61. The molecule has 0 aliphatic heterocycles. The Bertz CT molecular complexity index is 189. The van der Waals surface area contributed by atoms with Gasteiger partial charge in [-0.1, -0.05) is 13.8 Å². The fourth-order valence-electron chi connectivity index (χ4n) is 1.40. The van der Waals surface area contributed by atoms with Crippen LogP contribution in [0.5, 0.6) is 0 Å². The van der Waals surface area contributed by atoms with Crippen LogP contribution in [-0.4, -0.2) is 11.4 Å². The largest absolute Gasteiger partial charge is 0.411 e. The van der Waals surface area contributed by atoms with Crippen molar-refractivity contribution in [3.63, 3.8) is 0 Å². The molecule has 0 rings (SSSR count). The van der Waals surface area contributed by atoms with E-state index < -0.39 is 0 Å². The fourth-order valence-corrected chi connectivity index (χ4v) is 1.40. The predicted octanol–water partition coefficient (Wildman–Crippen LogP) is 2.41. The highest BCUT2D eigenvalue weighted by molar-refractivity contribution is 5.66. The van der Waals surface area contributed by atoms with Crippen LogP contribution in [0.2, 0.25) is 0 Å². The molecule has 0 aliphatic carbocycles. The van der Waals surface area contributed by atoms with E-state index in [9.17, 15) is 0 Å². The highest BCUT2D eigenvalue weighted by Crippen LogP contribution is 2.32. The third-order valence-corrected chi connectivity index (χ3v) is 2.69. The summed E-state index contributed by atoms with van der Waals surface area (Å²) >= 11 is 0. The Morgan fingerprint density at radius 3 is 2.33 bits per heavy atom. The van der Waals surface area contributed by atoms with Crippen LogP contribution < -0.4 is 0 Å². The van der Waals surface area contributed by atoms with Crippen molar-refractivity contribution in [2.45, 2.75) is 33.6 Å². The first-order valence-electron chi connectivity index (χ1n) is 4.25. The van der Waals surface area contributed by atoms with Gasteiger partial charge in [0.2, 0.25) is 0 Å². The van der Waals surface area contributed by atoms with Crippen molar-refractivity contribution in [3.05, 3.63) is 0 Å². The molecule has 0 aromatic heterocycles. The van der Waals surface area contributed by atoms with Gasteiger partial charge in [-0.05, 0) is 19.8 Å². The zero-order valence-corrected chi connectivity index (χ0v) is 7.91. The van der Waals surface area contributed by atoms with Gasteiger partial charge in [0.25, 0.3) is 0 Å². The van der Waals surface area contributed by atoms with Crippen molar-refractivity contribution < 1.29 is 5.21 Å². The van der Waals surface area contributed by atoms with E-state index in [4.69, 9.17) is 10.5 Å². The molecule has 0 radical (unpaired) electrons. The Morgan fingerprint density at radius 1 is 1.58 bits per heavy atom. The lowest BCUT2D eigenvalue weighted by Crippen LogP contribution is -2.28. The lowest BCUT2D eigenvalue weighted by atomic mass is 9.74. The topological polar surface area (TPSA) is 56.4 Å². The van der Waals surface area contributed by atoms with Crippen LogP contribution in [-0.2, 0) is 0 Å². The van der Waals surface area contributed by atoms with E-state index in [1.54, 1.807) is 0 Å². The Hall–Kier alpha value is -1.04. The molecule has 0 saturated carbocycles. The Kier molecular flexibility index (Phi) is 4.35. The maximum Gasteiger partial charge on any atom is 0.0662 e. The van der Waals surface area contributed by atoms with Gasteiger partial charge in [0.15, 0.2) is 0 Å². The molecule has 0 saturated heterocycles.